The van der Waals surface area contributed by atoms with Gasteiger partial charge in [0, 0.05) is 20.3 Å². The van der Waals surface area contributed by atoms with Crippen LogP contribution < -0.4 is 0 Å². The van der Waals surface area contributed by atoms with E-state index in [0.29, 0.717) is 0 Å². The highest BCUT2D eigenvalue weighted by Gasteiger charge is 2.36. The van der Waals surface area contributed by atoms with Crippen LogP contribution >= 0.6 is 0 Å². The molecule has 0 aliphatic heterocycles. The first-order chi connectivity index (χ1) is 11.2. The molecule has 1 amide bonds. The predicted molar refractivity (Wildman–Crippen MR) is 80.0 cm³/mol. The third kappa shape index (κ3) is 3.21. The molecule has 0 spiro atoms. The molecule has 2 heterocycles. The van der Waals surface area contributed by atoms with Crippen LogP contribution in [0.5, 0.6) is 0 Å². The standard InChI is InChI=1S/C12H15N7O5/c1-8-11(18(21)22)12(19(23)24)14-17(8)7-10(20)15(2)6-9-4-5-13-16(9)3/h4-5H,6-7H2,1-3H3. The summed E-state index contributed by atoms with van der Waals surface area (Å²) in [5.74, 6) is -1.27. The van der Waals surface area contributed by atoms with Gasteiger partial charge >= 0.3 is 11.5 Å². The second-order valence-electron chi connectivity index (χ2n) is 5.13. The zero-order valence-electron chi connectivity index (χ0n) is 13.2. The van der Waals surface area contributed by atoms with Crippen molar-refractivity contribution in [2.24, 2.45) is 7.05 Å². The van der Waals surface area contributed by atoms with Gasteiger partial charge in [0.05, 0.1) is 22.3 Å². The molecule has 0 aromatic carbocycles. The van der Waals surface area contributed by atoms with Crippen LogP contribution in [0.25, 0.3) is 0 Å². The van der Waals surface area contributed by atoms with Crippen LogP contribution in [0.2, 0.25) is 0 Å². The van der Waals surface area contributed by atoms with Crippen molar-refractivity contribution in [1.29, 1.82) is 0 Å². The number of amides is 1. The van der Waals surface area contributed by atoms with E-state index < -0.39 is 27.3 Å². The Morgan fingerprint density at radius 2 is 2.00 bits per heavy atom. The minimum absolute atomic E-state index is 0.0472. The number of likely N-dealkylation sites (N-methyl/N-ethyl adjacent to an activating group) is 1. The summed E-state index contributed by atoms with van der Waals surface area (Å²) in [5.41, 5.74) is 0.0380. The summed E-state index contributed by atoms with van der Waals surface area (Å²) in [4.78, 5) is 33.7. The van der Waals surface area contributed by atoms with Crippen LogP contribution in [0.15, 0.2) is 12.3 Å². The molecule has 2 aromatic rings. The van der Waals surface area contributed by atoms with Crippen LogP contribution in [0.4, 0.5) is 11.5 Å². The monoisotopic (exact) mass is 337 g/mol. The first-order valence-electron chi connectivity index (χ1n) is 6.79. The Kier molecular flexibility index (Phi) is 4.57. The fraction of sp³-hybridized carbons (Fsp3) is 0.417. The number of nitro groups is 2. The van der Waals surface area contributed by atoms with Gasteiger partial charge in [-0.25, -0.2) is 0 Å². The van der Waals surface area contributed by atoms with E-state index in [2.05, 4.69) is 10.2 Å². The molecule has 12 nitrogen and oxygen atoms in total. The molecular weight excluding hydrogens is 322 g/mol. The molecule has 0 bridgehead atoms. The van der Waals surface area contributed by atoms with Crippen molar-refractivity contribution in [3.05, 3.63) is 43.9 Å². The molecule has 2 rings (SSSR count). The lowest BCUT2D eigenvalue weighted by Gasteiger charge is -2.16. The Morgan fingerprint density at radius 3 is 2.46 bits per heavy atom. The largest absolute Gasteiger partial charge is 0.468 e. The smallest absolute Gasteiger partial charge is 0.358 e. The van der Waals surface area contributed by atoms with Gasteiger partial charge in [0.2, 0.25) is 5.91 Å². The topological polar surface area (TPSA) is 142 Å². The summed E-state index contributed by atoms with van der Waals surface area (Å²) in [6, 6.07) is 1.75. The summed E-state index contributed by atoms with van der Waals surface area (Å²) in [6.07, 6.45) is 1.60. The quantitative estimate of drug-likeness (QED) is 0.548. The number of aryl methyl sites for hydroxylation is 1. The Bertz CT molecular complexity index is 809. The summed E-state index contributed by atoms with van der Waals surface area (Å²) in [6.45, 7) is 1.25. The maximum absolute atomic E-state index is 12.3. The number of hydrogen-bond donors (Lipinski definition) is 0. The Morgan fingerprint density at radius 1 is 1.33 bits per heavy atom. The SMILES string of the molecule is Cc1c([N+](=O)[O-])c([N+](=O)[O-])nn1CC(=O)N(C)Cc1ccnn1C. The third-order valence-electron chi connectivity index (χ3n) is 3.55. The van der Waals surface area contributed by atoms with Gasteiger partial charge in [0.15, 0.2) is 0 Å². The van der Waals surface area contributed by atoms with Crippen LogP contribution in [-0.2, 0) is 24.9 Å². The number of hydrogen-bond acceptors (Lipinski definition) is 7. The van der Waals surface area contributed by atoms with Gasteiger partial charge in [-0.15, -0.1) is 0 Å². The van der Waals surface area contributed by atoms with Crippen LogP contribution in [-0.4, -0.2) is 47.3 Å². The first kappa shape index (κ1) is 17.1. The number of rotatable bonds is 6. The molecule has 0 aliphatic carbocycles. The van der Waals surface area contributed by atoms with Gasteiger partial charge in [-0.3, -0.25) is 19.6 Å². The molecule has 24 heavy (non-hydrogen) atoms. The molecule has 128 valence electrons. The van der Waals surface area contributed by atoms with E-state index in [1.807, 2.05) is 0 Å². The lowest BCUT2D eigenvalue weighted by molar-refractivity contribution is -0.424. The van der Waals surface area contributed by atoms with E-state index in [9.17, 15) is 25.0 Å². The average Bonchev–Trinajstić information content (AvgIpc) is 3.03. The summed E-state index contributed by atoms with van der Waals surface area (Å²) >= 11 is 0. The zero-order valence-corrected chi connectivity index (χ0v) is 13.2. The van der Waals surface area contributed by atoms with E-state index >= 15 is 0 Å². The predicted octanol–water partition coefficient (Wildman–Crippen LogP) is 0.400. The molecule has 0 saturated carbocycles. The number of aromatic nitrogens is 4. The molecule has 0 saturated heterocycles. The van der Waals surface area contributed by atoms with Gasteiger partial charge in [0.1, 0.15) is 12.2 Å². The van der Waals surface area contributed by atoms with E-state index in [1.54, 1.807) is 31.0 Å². The lowest BCUT2D eigenvalue weighted by atomic mass is 10.3. The molecular formula is C12H15N7O5. The van der Waals surface area contributed by atoms with Crippen molar-refractivity contribution in [2.75, 3.05) is 7.05 Å². The molecule has 0 radical (unpaired) electrons. The maximum atomic E-state index is 12.3. The van der Waals surface area contributed by atoms with Gasteiger partial charge in [-0.2, -0.15) is 9.78 Å². The van der Waals surface area contributed by atoms with Gasteiger partial charge in [-0.1, -0.05) is 0 Å². The number of carbonyl (C=O) groups excluding carboxylic acids is 1. The minimum atomic E-state index is -0.939. The number of nitrogens with zero attached hydrogens (tertiary/aromatic N) is 7. The Labute approximate surface area is 135 Å². The van der Waals surface area contributed by atoms with Crippen molar-refractivity contribution >= 4 is 17.4 Å². The van der Waals surface area contributed by atoms with Crippen molar-refractivity contribution in [1.82, 2.24) is 24.5 Å². The maximum Gasteiger partial charge on any atom is 0.468 e. The molecule has 0 unspecified atom stereocenters. The van der Waals surface area contributed by atoms with Gasteiger partial charge in [-0.05, 0) is 17.9 Å². The Balaban J connectivity index is 2.20. The molecule has 12 heteroatoms. The van der Waals surface area contributed by atoms with Gasteiger partial charge in [0.25, 0.3) is 0 Å². The normalized spacial score (nSPS) is 10.6. The second kappa shape index (κ2) is 6.44. The van der Waals surface area contributed by atoms with Crippen LogP contribution in [0.3, 0.4) is 0 Å². The van der Waals surface area contributed by atoms with Crippen molar-refractivity contribution in [3.63, 3.8) is 0 Å². The second-order valence-corrected chi connectivity index (χ2v) is 5.13. The highest BCUT2D eigenvalue weighted by atomic mass is 16.6. The van der Waals surface area contributed by atoms with E-state index in [4.69, 9.17) is 0 Å². The van der Waals surface area contributed by atoms with Crippen molar-refractivity contribution < 1.29 is 14.6 Å². The lowest BCUT2D eigenvalue weighted by Crippen LogP contribution is -2.31. The third-order valence-corrected chi connectivity index (χ3v) is 3.55. The van der Waals surface area contributed by atoms with Gasteiger partial charge < -0.3 is 15.0 Å². The highest BCUT2D eigenvalue weighted by molar-refractivity contribution is 5.76. The summed E-state index contributed by atoms with van der Waals surface area (Å²) in [5, 5.41) is 29.4. The average molecular weight is 337 g/mol. The van der Waals surface area contributed by atoms with Crippen molar-refractivity contribution in [2.45, 2.75) is 20.0 Å². The van der Waals surface area contributed by atoms with E-state index in [0.717, 1.165) is 10.4 Å². The van der Waals surface area contributed by atoms with Crippen LogP contribution in [0.1, 0.15) is 11.4 Å². The summed E-state index contributed by atoms with van der Waals surface area (Å²) < 4.78 is 2.58. The fourth-order valence-corrected chi connectivity index (χ4v) is 2.15. The highest BCUT2D eigenvalue weighted by Crippen LogP contribution is 2.29. The molecule has 0 aliphatic rings. The zero-order chi connectivity index (χ0) is 18.0. The van der Waals surface area contributed by atoms with E-state index in [-0.39, 0.29) is 18.8 Å². The molecule has 2 aromatic heterocycles. The summed E-state index contributed by atoms with van der Waals surface area (Å²) in [7, 11) is 3.29. The first-order valence-corrected chi connectivity index (χ1v) is 6.79. The van der Waals surface area contributed by atoms with Crippen LogP contribution in [0, 0.1) is 27.2 Å². The number of carbonyl (C=O) groups is 1. The van der Waals surface area contributed by atoms with Crippen molar-refractivity contribution in [3.8, 4) is 0 Å². The molecule has 0 atom stereocenters. The molecule has 0 N–H and O–H groups in total. The molecule has 0 fully saturated rings. The Hall–Kier alpha value is -3.31. The minimum Gasteiger partial charge on any atom is -0.358 e. The fourth-order valence-electron chi connectivity index (χ4n) is 2.15. The van der Waals surface area contributed by atoms with E-state index in [1.165, 1.54) is 11.8 Å².